The van der Waals surface area contributed by atoms with E-state index in [1.165, 1.54) is 0 Å². The van der Waals surface area contributed by atoms with Gasteiger partial charge in [-0.2, -0.15) is 5.10 Å². The SMILES string of the molecule is CC(C)(C)OC(=O)N1CCC(O)(c2ccc(-c3cnc4ccnn4c3)cn2)CC1.CC(C)(C)OC(=O)N1CCC(O)(c2ccc(Br)cn2)CC1. The highest BCUT2D eigenvalue weighted by atomic mass is 79.9. The number of rotatable bonds is 3. The summed E-state index contributed by atoms with van der Waals surface area (Å²) in [5, 5.41) is 26.0. The number of fused-ring (bicyclic) bond motifs is 1. The summed E-state index contributed by atoms with van der Waals surface area (Å²) in [6.45, 7) is 12.8. The Balaban J connectivity index is 0.000000205. The highest BCUT2D eigenvalue weighted by Crippen LogP contribution is 2.34. The van der Waals surface area contributed by atoms with Crippen LogP contribution in [0, 0.1) is 0 Å². The molecule has 13 nitrogen and oxygen atoms in total. The first-order valence-corrected chi connectivity index (χ1v) is 17.5. The van der Waals surface area contributed by atoms with E-state index in [9.17, 15) is 19.8 Å². The van der Waals surface area contributed by atoms with Crippen LogP contribution in [0.5, 0.6) is 0 Å². The standard InChI is InChI=1S/C21H25N5O3.C15H21BrN2O3/c1-20(2,3)29-19(27)25-10-7-21(28,8-11-25)17-5-4-15(12-22-17)16-13-23-18-6-9-24-26(18)14-16;1-14(2,3)21-13(19)18-8-6-15(20,7-9-18)12-5-4-11(16)10-17-12/h4-6,9,12-14,28H,7-8,10-11H2,1-3H3;4-5,10,20H,6-9H2,1-3H3. The second kappa shape index (κ2) is 14.6. The van der Waals surface area contributed by atoms with Crippen molar-refractivity contribution in [3.63, 3.8) is 0 Å². The van der Waals surface area contributed by atoms with Crippen molar-refractivity contribution in [2.45, 2.75) is 89.6 Å². The fraction of sp³-hybridized carbons (Fsp3) is 0.500. The molecule has 14 heteroatoms. The molecule has 2 amide bonds. The third kappa shape index (κ3) is 9.34. The molecule has 4 aromatic rings. The van der Waals surface area contributed by atoms with Gasteiger partial charge in [0.15, 0.2) is 5.65 Å². The van der Waals surface area contributed by atoms with Crippen molar-refractivity contribution in [2.24, 2.45) is 0 Å². The van der Waals surface area contributed by atoms with Crippen molar-refractivity contribution in [2.75, 3.05) is 26.2 Å². The van der Waals surface area contributed by atoms with Crippen molar-refractivity contribution < 1.29 is 29.3 Å². The van der Waals surface area contributed by atoms with Gasteiger partial charge in [0, 0.05) is 72.6 Å². The normalized spacial score (nSPS) is 17.5. The average Bonchev–Trinajstić information content (AvgIpc) is 3.53. The van der Waals surface area contributed by atoms with Crippen LogP contribution in [0.2, 0.25) is 0 Å². The molecule has 0 spiro atoms. The second-order valence-electron chi connectivity index (χ2n) is 14.8. The molecule has 0 aromatic carbocycles. The highest BCUT2D eigenvalue weighted by Gasteiger charge is 2.39. The summed E-state index contributed by atoms with van der Waals surface area (Å²) in [4.78, 5) is 40.7. The summed E-state index contributed by atoms with van der Waals surface area (Å²) in [6, 6.07) is 9.27. The van der Waals surface area contributed by atoms with Crippen LogP contribution in [-0.4, -0.2) is 94.1 Å². The maximum atomic E-state index is 12.2. The fourth-order valence-electron chi connectivity index (χ4n) is 5.73. The number of likely N-dealkylation sites (tertiary alicyclic amines) is 2. The van der Waals surface area contributed by atoms with E-state index in [0.717, 1.165) is 21.2 Å². The number of halogens is 1. The van der Waals surface area contributed by atoms with Crippen LogP contribution in [0.3, 0.4) is 0 Å². The van der Waals surface area contributed by atoms with Gasteiger partial charge in [-0.05, 0) is 101 Å². The Morgan fingerprint density at radius 2 is 1.18 bits per heavy atom. The van der Waals surface area contributed by atoms with Crippen LogP contribution < -0.4 is 0 Å². The quantitative estimate of drug-likeness (QED) is 0.252. The third-order valence-corrected chi connectivity index (χ3v) is 8.98. The molecule has 0 radical (unpaired) electrons. The van der Waals surface area contributed by atoms with Gasteiger partial charge in [-0.15, -0.1) is 0 Å². The number of aliphatic hydroxyl groups is 2. The number of hydrogen-bond donors (Lipinski definition) is 2. The Morgan fingerprint density at radius 3 is 1.62 bits per heavy atom. The molecule has 268 valence electrons. The monoisotopic (exact) mass is 751 g/mol. The largest absolute Gasteiger partial charge is 0.444 e. The van der Waals surface area contributed by atoms with Crippen molar-refractivity contribution in [3.05, 3.63) is 77.2 Å². The van der Waals surface area contributed by atoms with Gasteiger partial charge >= 0.3 is 12.2 Å². The summed E-state index contributed by atoms with van der Waals surface area (Å²) < 4.78 is 13.4. The topological polar surface area (TPSA) is 156 Å². The molecule has 2 aliphatic rings. The molecule has 2 N–H and O–H groups in total. The Hall–Kier alpha value is -4.14. The van der Waals surface area contributed by atoms with Gasteiger partial charge in [0.05, 0.1) is 17.6 Å². The molecule has 2 fully saturated rings. The molecule has 0 saturated carbocycles. The number of carbonyl (C=O) groups excluding carboxylic acids is 2. The zero-order chi connectivity index (χ0) is 36.3. The minimum atomic E-state index is -1.05. The van der Waals surface area contributed by atoms with E-state index in [1.807, 2.05) is 78.1 Å². The van der Waals surface area contributed by atoms with Crippen molar-refractivity contribution in [1.29, 1.82) is 0 Å². The molecule has 50 heavy (non-hydrogen) atoms. The predicted molar refractivity (Wildman–Crippen MR) is 190 cm³/mol. The van der Waals surface area contributed by atoms with Crippen molar-refractivity contribution in [3.8, 4) is 11.1 Å². The van der Waals surface area contributed by atoms with Crippen LogP contribution in [0.1, 0.15) is 78.6 Å². The number of aromatic nitrogens is 5. The van der Waals surface area contributed by atoms with Crippen LogP contribution in [0.25, 0.3) is 16.8 Å². The van der Waals surface area contributed by atoms with E-state index in [1.54, 1.807) is 39.1 Å². The van der Waals surface area contributed by atoms with E-state index >= 15 is 0 Å². The number of carbonyl (C=O) groups is 2. The highest BCUT2D eigenvalue weighted by molar-refractivity contribution is 9.10. The molecular weight excluding hydrogens is 706 g/mol. The Bertz CT molecular complexity index is 1770. The number of amides is 2. The summed E-state index contributed by atoms with van der Waals surface area (Å²) in [6.07, 6.45) is 9.87. The zero-order valence-electron chi connectivity index (χ0n) is 29.5. The van der Waals surface area contributed by atoms with Gasteiger partial charge in [0.1, 0.15) is 22.4 Å². The third-order valence-electron chi connectivity index (χ3n) is 8.51. The van der Waals surface area contributed by atoms with Gasteiger partial charge in [-0.3, -0.25) is 9.97 Å². The minimum absolute atomic E-state index is 0.326. The summed E-state index contributed by atoms with van der Waals surface area (Å²) >= 11 is 3.33. The van der Waals surface area contributed by atoms with Crippen LogP contribution in [-0.2, 0) is 20.7 Å². The lowest BCUT2D eigenvalue weighted by atomic mass is 9.87. The van der Waals surface area contributed by atoms with E-state index in [0.29, 0.717) is 63.3 Å². The molecule has 2 saturated heterocycles. The predicted octanol–water partition coefficient (Wildman–Crippen LogP) is 6.07. The smallest absolute Gasteiger partial charge is 0.410 e. The number of piperidine rings is 2. The summed E-state index contributed by atoms with van der Waals surface area (Å²) in [5.74, 6) is 0. The van der Waals surface area contributed by atoms with Crippen molar-refractivity contribution >= 4 is 33.8 Å². The van der Waals surface area contributed by atoms with Crippen LogP contribution in [0.4, 0.5) is 9.59 Å². The molecule has 4 aromatic heterocycles. The van der Waals surface area contributed by atoms with Crippen LogP contribution in [0.15, 0.2) is 65.8 Å². The summed E-state index contributed by atoms with van der Waals surface area (Å²) in [5.41, 5.74) is 0.770. The fourth-order valence-corrected chi connectivity index (χ4v) is 5.97. The van der Waals surface area contributed by atoms with Gasteiger partial charge in [-0.1, -0.05) is 6.07 Å². The number of hydrogen-bond acceptors (Lipinski definition) is 10. The molecule has 6 rings (SSSR count). The van der Waals surface area contributed by atoms with Crippen LogP contribution >= 0.6 is 15.9 Å². The first kappa shape index (κ1) is 37.1. The van der Waals surface area contributed by atoms with E-state index in [4.69, 9.17) is 9.47 Å². The number of nitrogens with zero attached hydrogens (tertiary/aromatic N) is 7. The minimum Gasteiger partial charge on any atom is -0.444 e. The molecule has 6 heterocycles. The Kier molecular flexibility index (Phi) is 10.8. The average molecular weight is 753 g/mol. The molecule has 0 aliphatic carbocycles. The summed E-state index contributed by atoms with van der Waals surface area (Å²) in [7, 11) is 0. The molecule has 0 bridgehead atoms. The molecular formula is C36H46BrN7O6. The van der Waals surface area contributed by atoms with Gasteiger partial charge in [0.25, 0.3) is 0 Å². The molecule has 0 unspecified atom stereocenters. The van der Waals surface area contributed by atoms with Gasteiger partial charge in [0.2, 0.25) is 0 Å². The van der Waals surface area contributed by atoms with E-state index in [2.05, 4.69) is 36.0 Å². The van der Waals surface area contributed by atoms with E-state index in [-0.39, 0.29) is 12.2 Å². The lowest BCUT2D eigenvalue weighted by Gasteiger charge is -2.38. The maximum Gasteiger partial charge on any atom is 0.410 e. The number of ether oxygens (including phenoxy) is 2. The van der Waals surface area contributed by atoms with Gasteiger partial charge < -0.3 is 29.5 Å². The maximum absolute atomic E-state index is 12.2. The zero-order valence-corrected chi connectivity index (χ0v) is 31.1. The Morgan fingerprint density at radius 1 is 0.700 bits per heavy atom. The van der Waals surface area contributed by atoms with Gasteiger partial charge in [-0.25, -0.2) is 19.1 Å². The first-order chi connectivity index (χ1) is 23.4. The van der Waals surface area contributed by atoms with E-state index < -0.39 is 22.4 Å². The lowest BCUT2D eigenvalue weighted by molar-refractivity contribution is -0.0391. The molecule has 2 aliphatic heterocycles. The molecule has 0 atom stereocenters. The second-order valence-corrected chi connectivity index (χ2v) is 15.7. The lowest BCUT2D eigenvalue weighted by Crippen LogP contribution is -2.47. The Labute approximate surface area is 300 Å². The number of pyridine rings is 2. The van der Waals surface area contributed by atoms with Crippen molar-refractivity contribution in [1.82, 2.24) is 34.4 Å². The first-order valence-electron chi connectivity index (χ1n) is 16.7.